The van der Waals surface area contributed by atoms with E-state index in [1.807, 2.05) is 44.2 Å². The van der Waals surface area contributed by atoms with Gasteiger partial charge in [0.2, 0.25) is 0 Å². The van der Waals surface area contributed by atoms with Crippen LogP contribution in [0, 0.1) is 0 Å². The van der Waals surface area contributed by atoms with Crippen LogP contribution in [0.15, 0.2) is 65.7 Å². The Morgan fingerprint density at radius 1 is 1.07 bits per heavy atom. The van der Waals surface area contributed by atoms with Crippen molar-refractivity contribution in [2.24, 2.45) is 0 Å². The Hall–Kier alpha value is -3.39. The lowest BCUT2D eigenvalue weighted by molar-refractivity contribution is 0.243. The van der Waals surface area contributed by atoms with E-state index in [1.165, 1.54) is 0 Å². The Labute approximate surface area is 177 Å². The number of nitrogens with one attached hydrogen (secondary N) is 2. The molecule has 0 bridgehead atoms. The molecule has 2 N–H and O–H groups in total. The number of benzene rings is 2. The van der Waals surface area contributed by atoms with Crippen molar-refractivity contribution in [2.75, 3.05) is 11.8 Å². The molecule has 1 unspecified atom stereocenters. The number of rotatable bonds is 7. The summed E-state index contributed by atoms with van der Waals surface area (Å²) >= 11 is 0. The van der Waals surface area contributed by atoms with Crippen molar-refractivity contribution >= 4 is 27.7 Å². The second kappa shape index (κ2) is 8.54. The van der Waals surface area contributed by atoms with E-state index < -0.39 is 11.0 Å². The maximum Gasteiger partial charge on any atom is 0.151 e. The fourth-order valence-electron chi connectivity index (χ4n) is 3.06. The first-order valence-corrected chi connectivity index (χ1v) is 10.6. The Morgan fingerprint density at radius 2 is 1.93 bits per heavy atom. The zero-order chi connectivity index (χ0) is 21.1. The number of fused-ring (bicyclic) bond motifs is 1. The van der Waals surface area contributed by atoms with Crippen molar-refractivity contribution < 1.29 is 13.7 Å². The highest BCUT2D eigenvalue weighted by molar-refractivity contribution is 7.86. The van der Waals surface area contributed by atoms with Gasteiger partial charge in [0.05, 0.1) is 23.6 Å². The van der Waals surface area contributed by atoms with E-state index in [4.69, 9.17) is 9.47 Å². The van der Waals surface area contributed by atoms with Crippen LogP contribution in [0.25, 0.3) is 22.2 Å². The van der Waals surface area contributed by atoms with Gasteiger partial charge in [0.15, 0.2) is 11.0 Å². The van der Waals surface area contributed by atoms with Gasteiger partial charge in [-0.15, -0.1) is 0 Å². The minimum Gasteiger partial charge on any atom is -0.497 e. The summed E-state index contributed by atoms with van der Waals surface area (Å²) in [6.07, 6.45) is 1.75. The smallest absolute Gasteiger partial charge is 0.151 e. The molecule has 2 aromatic heterocycles. The summed E-state index contributed by atoms with van der Waals surface area (Å²) < 4.78 is 26.7. The van der Waals surface area contributed by atoms with Gasteiger partial charge in [-0.1, -0.05) is 6.07 Å². The van der Waals surface area contributed by atoms with Crippen molar-refractivity contribution in [1.29, 1.82) is 0 Å². The summed E-state index contributed by atoms with van der Waals surface area (Å²) in [6.45, 7) is 3.98. The second-order valence-corrected chi connectivity index (χ2v) is 8.14. The number of nitrogens with zero attached hydrogens (tertiary/aromatic N) is 2. The van der Waals surface area contributed by atoms with Crippen LogP contribution in [0.1, 0.15) is 13.8 Å². The largest absolute Gasteiger partial charge is 0.497 e. The Bertz CT molecular complexity index is 1210. The highest BCUT2D eigenvalue weighted by Gasteiger charge is 2.12. The number of H-pyrrole nitrogens is 1. The first-order chi connectivity index (χ1) is 14.5. The average molecular weight is 423 g/mol. The number of aromatic nitrogens is 3. The SMILES string of the molecule is COc1cccc(S(=O)Nc2cc(-c3n[nH]c4ccc(OC(C)C)cc34)ccn2)c1. The molecule has 0 amide bonds. The number of pyridine rings is 1. The molecular formula is C22H22N4O3S. The Kier molecular flexibility index (Phi) is 5.67. The average Bonchev–Trinajstić information content (AvgIpc) is 3.17. The van der Waals surface area contributed by atoms with E-state index >= 15 is 0 Å². The van der Waals surface area contributed by atoms with E-state index in [0.29, 0.717) is 16.5 Å². The predicted molar refractivity (Wildman–Crippen MR) is 118 cm³/mol. The van der Waals surface area contributed by atoms with Crippen molar-refractivity contribution in [3.63, 3.8) is 0 Å². The van der Waals surface area contributed by atoms with Gasteiger partial charge in [-0.3, -0.25) is 9.82 Å². The molecule has 1 atom stereocenters. The van der Waals surface area contributed by atoms with Crippen LogP contribution in [0.5, 0.6) is 11.5 Å². The fourth-order valence-corrected chi connectivity index (χ4v) is 3.91. The van der Waals surface area contributed by atoms with Crippen LogP contribution in [-0.4, -0.2) is 32.6 Å². The van der Waals surface area contributed by atoms with Crippen molar-refractivity contribution in [3.8, 4) is 22.8 Å². The van der Waals surface area contributed by atoms with Crippen molar-refractivity contribution in [1.82, 2.24) is 15.2 Å². The summed E-state index contributed by atoms with van der Waals surface area (Å²) in [7, 11) is 0.0961. The van der Waals surface area contributed by atoms with Crippen molar-refractivity contribution in [2.45, 2.75) is 24.8 Å². The molecular weight excluding hydrogens is 400 g/mol. The van der Waals surface area contributed by atoms with Gasteiger partial charge in [-0.25, -0.2) is 9.19 Å². The molecule has 0 fully saturated rings. The minimum absolute atomic E-state index is 0.0844. The molecule has 0 aliphatic carbocycles. The van der Waals surface area contributed by atoms with E-state index in [9.17, 15) is 4.21 Å². The molecule has 4 aromatic rings. The predicted octanol–water partition coefficient (Wildman–Crippen LogP) is 4.56. The molecule has 4 rings (SSSR count). The van der Waals surface area contributed by atoms with Crippen LogP contribution in [0.2, 0.25) is 0 Å². The van der Waals surface area contributed by atoms with E-state index in [1.54, 1.807) is 37.6 Å². The lowest BCUT2D eigenvalue weighted by Gasteiger charge is -2.10. The van der Waals surface area contributed by atoms with E-state index in [-0.39, 0.29) is 6.10 Å². The highest BCUT2D eigenvalue weighted by atomic mass is 32.2. The molecule has 7 nitrogen and oxygen atoms in total. The standard InChI is InChI=1S/C22H22N4O3S/c1-14(2)29-17-7-8-20-19(13-17)22(25-24-20)15-9-10-23-21(11-15)26-30(27)18-6-4-5-16(12-18)28-3/h4-14H,1-3H3,(H,23,26)(H,24,25). The van der Waals surface area contributed by atoms with Gasteiger partial charge in [0.25, 0.3) is 0 Å². The zero-order valence-electron chi connectivity index (χ0n) is 16.9. The second-order valence-electron chi connectivity index (χ2n) is 6.93. The molecule has 0 saturated heterocycles. The summed E-state index contributed by atoms with van der Waals surface area (Å²) in [5, 5.41) is 8.45. The Balaban J connectivity index is 1.62. The summed E-state index contributed by atoms with van der Waals surface area (Å²) in [6, 6.07) is 16.6. The fraction of sp³-hybridized carbons (Fsp3) is 0.182. The first-order valence-electron chi connectivity index (χ1n) is 9.47. The molecule has 154 valence electrons. The monoisotopic (exact) mass is 422 g/mol. The molecule has 2 heterocycles. The van der Waals surface area contributed by atoms with Gasteiger partial charge >= 0.3 is 0 Å². The van der Waals surface area contributed by atoms with Gasteiger partial charge in [-0.05, 0) is 62.4 Å². The zero-order valence-corrected chi connectivity index (χ0v) is 17.7. The highest BCUT2D eigenvalue weighted by Crippen LogP contribution is 2.30. The first kappa shape index (κ1) is 19.9. The van der Waals surface area contributed by atoms with Crippen LogP contribution in [-0.2, 0) is 11.0 Å². The molecule has 8 heteroatoms. The molecule has 0 aliphatic rings. The topological polar surface area (TPSA) is 89.1 Å². The maximum atomic E-state index is 12.7. The summed E-state index contributed by atoms with van der Waals surface area (Å²) in [5.74, 6) is 1.91. The molecule has 0 aliphatic heterocycles. The molecule has 30 heavy (non-hydrogen) atoms. The van der Waals surface area contributed by atoms with E-state index in [0.717, 1.165) is 27.9 Å². The minimum atomic E-state index is -1.48. The molecule has 0 saturated carbocycles. The lowest BCUT2D eigenvalue weighted by atomic mass is 10.1. The summed E-state index contributed by atoms with van der Waals surface area (Å²) in [5.41, 5.74) is 2.53. The number of ether oxygens (including phenoxy) is 2. The third-order valence-corrected chi connectivity index (χ3v) is 5.47. The number of anilines is 1. The number of methoxy groups -OCH3 is 1. The van der Waals surface area contributed by atoms with Crippen LogP contribution >= 0.6 is 0 Å². The van der Waals surface area contributed by atoms with E-state index in [2.05, 4.69) is 19.9 Å². The van der Waals surface area contributed by atoms with Crippen LogP contribution in [0.3, 0.4) is 0 Å². The Morgan fingerprint density at radius 3 is 2.73 bits per heavy atom. The number of hydrogen-bond donors (Lipinski definition) is 2. The quantitative estimate of drug-likeness (QED) is 0.456. The lowest BCUT2D eigenvalue weighted by Crippen LogP contribution is -2.06. The van der Waals surface area contributed by atoms with Crippen molar-refractivity contribution in [3.05, 3.63) is 60.8 Å². The van der Waals surface area contributed by atoms with Gasteiger partial charge in [-0.2, -0.15) is 5.10 Å². The van der Waals surface area contributed by atoms with Crippen LogP contribution < -0.4 is 14.2 Å². The molecule has 2 aromatic carbocycles. The van der Waals surface area contributed by atoms with Gasteiger partial charge in [0.1, 0.15) is 23.0 Å². The summed E-state index contributed by atoms with van der Waals surface area (Å²) in [4.78, 5) is 4.90. The molecule has 0 radical (unpaired) electrons. The normalized spacial score (nSPS) is 12.1. The molecule has 0 spiro atoms. The maximum absolute atomic E-state index is 12.7. The third-order valence-electron chi connectivity index (χ3n) is 4.39. The number of aromatic amines is 1. The third kappa shape index (κ3) is 4.28. The van der Waals surface area contributed by atoms with Gasteiger partial charge in [0, 0.05) is 17.1 Å². The van der Waals surface area contributed by atoms with Crippen LogP contribution in [0.4, 0.5) is 5.82 Å². The number of hydrogen-bond acceptors (Lipinski definition) is 5. The van der Waals surface area contributed by atoms with Gasteiger partial charge < -0.3 is 9.47 Å².